The minimum atomic E-state index is -0.373. The van der Waals surface area contributed by atoms with Gasteiger partial charge >= 0.3 is 0 Å². The Morgan fingerprint density at radius 2 is 2.20 bits per heavy atom. The number of rotatable bonds is 6. The molecule has 4 nitrogen and oxygen atoms in total. The number of hydrogen-bond acceptors (Lipinski definition) is 3. The highest BCUT2D eigenvalue weighted by atomic mass is 19.1. The van der Waals surface area contributed by atoms with E-state index in [1.165, 1.54) is 6.07 Å². The van der Waals surface area contributed by atoms with E-state index in [1.807, 2.05) is 0 Å². The van der Waals surface area contributed by atoms with Crippen LogP contribution in [0.15, 0.2) is 34.9 Å². The fourth-order valence-electron chi connectivity index (χ4n) is 1.81. The van der Waals surface area contributed by atoms with Crippen molar-refractivity contribution in [3.63, 3.8) is 0 Å². The van der Waals surface area contributed by atoms with Gasteiger partial charge in [0.15, 0.2) is 5.76 Å². The van der Waals surface area contributed by atoms with Crippen molar-refractivity contribution in [2.75, 3.05) is 6.54 Å². The van der Waals surface area contributed by atoms with Crippen molar-refractivity contribution < 1.29 is 13.7 Å². The summed E-state index contributed by atoms with van der Waals surface area (Å²) in [4.78, 5) is 11.6. The summed E-state index contributed by atoms with van der Waals surface area (Å²) in [5.74, 6) is -0.145. The van der Waals surface area contributed by atoms with Gasteiger partial charge in [0.05, 0.1) is 17.7 Å². The Morgan fingerprint density at radius 1 is 1.40 bits per heavy atom. The number of halogens is 1. The molecule has 0 aliphatic rings. The van der Waals surface area contributed by atoms with Crippen molar-refractivity contribution in [3.05, 3.63) is 41.8 Å². The smallest absolute Gasteiger partial charge is 0.226 e. The first-order valence-electron chi connectivity index (χ1n) is 6.68. The van der Waals surface area contributed by atoms with Crippen LogP contribution in [-0.2, 0) is 11.2 Å². The Balaban J connectivity index is 1.99. The van der Waals surface area contributed by atoms with E-state index >= 15 is 0 Å². The summed E-state index contributed by atoms with van der Waals surface area (Å²) in [5.41, 5.74) is 0.842. The fraction of sp³-hybridized carbons (Fsp3) is 0.333. The summed E-state index contributed by atoms with van der Waals surface area (Å²) in [6.07, 6.45) is 2.12. The Morgan fingerprint density at radius 3 is 2.95 bits per heavy atom. The van der Waals surface area contributed by atoms with E-state index < -0.39 is 0 Å². The summed E-state index contributed by atoms with van der Waals surface area (Å²) in [6, 6.07) is 7.89. The van der Waals surface area contributed by atoms with Gasteiger partial charge in [-0.1, -0.05) is 30.6 Å². The Labute approximate surface area is 117 Å². The SMILES string of the molecule is CCCCNC(=O)Cc1cc(-c2ccccc2F)on1. The Hall–Kier alpha value is -2.17. The molecule has 1 heterocycles. The maximum absolute atomic E-state index is 13.6. The van der Waals surface area contributed by atoms with Crippen molar-refractivity contribution in [2.45, 2.75) is 26.2 Å². The predicted octanol–water partition coefficient (Wildman–Crippen LogP) is 2.94. The van der Waals surface area contributed by atoms with Crippen LogP contribution in [0.1, 0.15) is 25.5 Å². The summed E-state index contributed by atoms with van der Waals surface area (Å²) in [7, 11) is 0. The molecule has 0 bridgehead atoms. The van der Waals surface area contributed by atoms with Crippen LogP contribution >= 0.6 is 0 Å². The average Bonchev–Trinajstić information content (AvgIpc) is 2.88. The number of aromatic nitrogens is 1. The molecule has 0 aliphatic carbocycles. The molecule has 20 heavy (non-hydrogen) atoms. The molecule has 1 aromatic heterocycles. The normalized spacial score (nSPS) is 10.5. The second-order valence-electron chi connectivity index (χ2n) is 4.54. The number of nitrogens with one attached hydrogen (secondary N) is 1. The molecule has 0 atom stereocenters. The average molecular weight is 276 g/mol. The van der Waals surface area contributed by atoms with Gasteiger partial charge in [-0.15, -0.1) is 0 Å². The monoisotopic (exact) mass is 276 g/mol. The third-order valence-corrected chi connectivity index (χ3v) is 2.89. The molecule has 1 N–H and O–H groups in total. The van der Waals surface area contributed by atoms with Gasteiger partial charge in [-0.3, -0.25) is 4.79 Å². The van der Waals surface area contributed by atoms with Gasteiger partial charge in [0.2, 0.25) is 5.91 Å². The predicted molar refractivity (Wildman–Crippen MR) is 73.5 cm³/mol. The first kappa shape index (κ1) is 14.2. The second-order valence-corrected chi connectivity index (χ2v) is 4.54. The van der Waals surface area contributed by atoms with Crippen LogP contribution < -0.4 is 5.32 Å². The zero-order valence-electron chi connectivity index (χ0n) is 11.4. The lowest BCUT2D eigenvalue weighted by molar-refractivity contribution is -0.120. The van der Waals surface area contributed by atoms with Crippen molar-refractivity contribution in [1.29, 1.82) is 0 Å². The van der Waals surface area contributed by atoms with Crippen molar-refractivity contribution in [3.8, 4) is 11.3 Å². The van der Waals surface area contributed by atoms with Gasteiger partial charge < -0.3 is 9.84 Å². The Bertz CT molecular complexity index is 581. The van der Waals surface area contributed by atoms with Crippen molar-refractivity contribution in [1.82, 2.24) is 10.5 Å². The van der Waals surface area contributed by atoms with Crippen LogP contribution in [0.3, 0.4) is 0 Å². The van der Waals surface area contributed by atoms with E-state index in [2.05, 4.69) is 17.4 Å². The fourth-order valence-corrected chi connectivity index (χ4v) is 1.81. The quantitative estimate of drug-likeness (QED) is 0.825. The maximum atomic E-state index is 13.6. The summed E-state index contributed by atoms with van der Waals surface area (Å²) in [5, 5.41) is 6.60. The van der Waals surface area contributed by atoms with E-state index in [1.54, 1.807) is 24.3 Å². The molecule has 106 valence electrons. The van der Waals surface area contributed by atoms with Gasteiger partial charge in [0, 0.05) is 12.6 Å². The zero-order chi connectivity index (χ0) is 14.4. The molecule has 0 unspecified atom stereocenters. The number of unbranched alkanes of at least 4 members (excludes halogenated alkanes) is 1. The first-order valence-corrected chi connectivity index (χ1v) is 6.68. The van der Waals surface area contributed by atoms with E-state index in [0.29, 0.717) is 23.6 Å². The van der Waals surface area contributed by atoms with Crippen LogP contribution in [0.2, 0.25) is 0 Å². The minimum Gasteiger partial charge on any atom is -0.356 e. The highest BCUT2D eigenvalue weighted by molar-refractivity contribution is 5.78. The number of amides is 1. The first-order chi connectivity index (χ1) is 9.70. The molecule has 0 saturated carbocycles. The molecular formula is C15H17FN2O2. The maximum Gasteiger partial charge on any atom is 0.226 e. The van der Waals surface area contributed by atoms with Crippen LogP contribution in [0, 0.1) is 5.82 Å². The third kappa shape index (κ3) is 3.66. The van der Waals surface area contributed by atoms with Gasteiger partial charge in [-0.05, 0) is 18.6 Å². The molecule has 0 radical (unpaired) electrons. The van der Waals surface area contributed by atoms with Crippen LogP contribution in [0.4, 0.5) is 4.39 Å². The molecule has 0 saturated heterocycles. The molecule has 0 spiro atoms. The minimum absolute atomic E-state index is 0.105. The summed E-state index contributed by atoms with van der Waals surface area (Å²) in [6.45, 7) is 2.72. The second kappa shape index (κ2) is 6.84. The topological polar surface area (TPSA) is 55.1 Å². The molecule has 2 rings (SSSR count). The highest BCUT2D eigenvalue weighted by Crippen LogP contribution is 2.23. The molecule has 5 heteroatoms. The molecule has 0 aliphatic heterocycles. The number of hydrogen-bond donors (Lipinski definition) is 1. The number of carbonyl (C=O) groups is 1. The molecular weight excluding hydrogens is 259 g/mol. The standard InChI is InChI=1S/C15H17FN2O2/c1-2-3-8-17-15(19)10-11-9-14(20-18-11)12-6-4-5-7-13(12)16/h4-7,9H,2-3,8,10H2,1H3,(H,17,19). The molecule has 1 amide bonds. The van der Waals surface area contributed by atoms with Crippen molar-refractivity contribution >= 4 is 5.91 Å². The zero-order valence-corrected chi connectivity index (χ0v) is 11.4. The van der Waals surface area contributed by atoms with E-state index in [-0.39, 0.29) is 18.1 Å². The summed E-state index contributed by atoms with van der Waals surface area (Å²) >= 11 is 0. The van der Waals surface area contributed by atoms with E-state index in [4.69, 9.17) is 4.52 Å². The van der Waals surface area contributed by atoms with Gasteiger partial charge in [-0.2, -0.15) is 0 Å². The molecule has 1 aromatic carbocycles. The largest absolute Gasteiger partial charge is 0.356 e. The van der Waals surface area contributed by atoms with E-state index in [9.17, 15) is 9.18 Å². The van der Waals surface area contributed by atoms with Crippen LogP contribution in [-0.4, -0.2) is 17.6 Å². The van der Waals surface area contributed by atoms with Crippen LogP contribution in [0.25, 0.3) is 11.3 Å². The van der Waals surface area contributed by atoms with E-state index in [0.717, 1.165) is 12.8 Å². The highest BCUT2D eigenvalue weighted by Gasteiger charge is 2.12. The van der Waals surface area contributed by atoms with Gasteiger partial charge in [-0.25, -0.2) is 4.39 Å². The lowest BCUT2D eigenvalue weighted by atomic mass is 10.1. The van der Waals surface area contributed by atoms with Crippen LogP contribution in [0.5, 0.6) is 0 Å². The lowest BCUT2D eigenvalue weighted by Crippen LogP contribution is -2.26. The Kier molecular flexibility index (Phi) is 4.87. The molecule has 2 aromatic rings. The van der Waals surface area contributed by atoms with Crippen molar-refractivity contribution in [2.24, 2.45) is 0 Å². The lowest BCUT2D eigenvalue weighted by Gasteiger charge is -2.01. The number of carbonyl (C=O) groups excluding carboxylic acids is 1. The molecule has 0 fully saturated rings. The van der Waals surface area contributed by atoms with Gasteiger partial charge in [0.25, 0.3) is 0 Å². The third-order valence-electron chi connectivity index (χ3n) is 2.89. The number of nitrogens with zero attached hydrogens (tertiary/aromatic N) is 1. The number of benzene rings is 1. The van der Waals surface area contributed by atoms with Gasteiger partial charge in [0.1, 0.15) is 5.82 Å². The summed E-state index contributed by atoms with van der Waals surface area (Å²) < 4.78 is 18.7.